The predicted octanol–water partition coefficient (Wildman–Crippen LogP) is 4.93. The molecule has 0 aromatic carbocycles. The lowest BCUT2D eigenvalue weighted by Crippen LogP contribution is -2.33. The number of hydrogen-bond acceptors (Lipinski definition) is 3. The van der Waals surface area contributed by atoms with Gasteiger partial charge in [0.15, 0.2) is 0 Å². The Labute approximate surface area is 161 Å². The quantitative estimate of drug-likeness (QED) is 0.458. The molecule has 26 heavy (non-hydrogen) atoms. The fourth-order valence-electron chi connectivity index (χ4n) is 2.92. The van der Waals surface area contributed by atoms with Crippen LogP contribution < -0.4 is 10.6 Å². The molecule has 3 nitrogen and oxygen atoms in total. The Bertz CT molecular complexity index is 530. The van der Waals surface area contributed by atoms with Gasteiger partial charge in [-0.15, -0.1) is 0 Å². The molecule has 0 bridgehead atoms. The fraction of sp³-hybridized carbons (Fsp3) is 0.565. The zero-order valence-electron chi connectivity index (χ0n) is 17.4. The van der Waals surface area contributed by atoms with Crippen LogP contribution in [-0.2, 0) is 0 Å². The van der Waals surface area contributed by atoms with Crippen LogP contribution >= 0.6 is 0 Å². The van der Waals surface area contributed by atoms with Crippen molar-refractivity contribution in [1.82, 2.24) is 15.5 Å². The Morgan fingerprint density at radius 3 is 2.50 bits per heavy atom. The summed E-state index contributed by atoms with van der Waals surface area (Å²) >= 11 is 0. The molecule has 0 amide bonds. The highest BCUT2D eigenvalue weighted by Crippen LogP contribution is 2.17. The third kappa shape index (κ3) is 9.10. The summed E-state index contributed by atoms with van der Waals surface area (Å²) in [4.78, 5) is 2.61. The van der Waals surface area contributed by atoms with E-state index in [2.05, 4.69) is 67.2 Å². The SMILES string of the molecule is C=C(/C=C/C1=CC(C)=C(NCCN(CCCC)CCCC)CC=C1)NC. The molecule has 0 unspecified atom stereocenters. The lowest BCUT2D eigenvalue weighted by molar-refractivity contribution is 0.267. The van der Waals surface area contributed by atoms with Crippen LogP contribution in [0.4, 0.5) is 0 Å². The van der Waals surface area contributed by atoms with Crippen LogP contribution in [0.25, 0.3) is 0 Å². The standard InChI is InChI=1S/C23H39N3/c1-6-8-16-26(17-9-7-2)18-15-25-23-12-10-11-22(19-20(23)3)14-13-21(4)24-5/h10-11,13-14,19,24-25H,4,6-9,12,15-18H2,1-3,5H3/b14-13+. The summed E-state index contributed by atoms with van der Waals surface area (Å²) in [6.45, 7) is 15.3. The summed E-state index contributed by atoms with van der Waals surface area (Å²) in [6, 6.07) is 0. The van der Waals surface area contributed by atoms with Gasteiger partial charge in [-0.25, -0.2) is 0 Å². The maximum absolute atomic E-state index is 3.94. The van der Waals surface area contributed by atoms with Crippen molar-refractivity contribution in [3.63, 3.8) is 0 Å². The van der Waals surface area contributed by atoms with Gasteiger partial charge in [0.2, 0.25) is 0 Å². The normalized spacial score (nSPS) is 14.7. The van der Waals surface area contributed by atoms with Gasteiger partial charge >= 0.3 is 0 Å². The van der Waals surface area contributed by atoms with Gasteiger partial charge in [0.1, 0.15) is 0 Å². The highest BCUT2D eigenvalue weighted by atomic mass is 15.1. The van der Waals surface area contributed by atoms with Crippen molar-refractivity contribution in [3.8, 4) is 0 Å². The van der Waals surface area contributed by atoms with E-state index in [0.29, 0.717) is 0 Å². The molecule has 0 aliphatic heterocycles. The molecule has 0 heterocycles. The van der Waals surface area contributed by atoms with Crippen molar-refractivity contribution in [2.45, 2.75) is 52.9 Å². The van der Waals surface area contributed by atoms with Crippen molar-refractivity contribution >= 4 is 0 Å². The topological polar surface area (TPSA) is 27.3 Å². The first-order valence-corrected chi connectivity index (χ1v) is 10.2. The minimum atomic E-state index is 0.919. The van der Waals surface area contributed by atoms with Gasteiger partial charge in [-0.2, -0.15) is 0 Å². The second-order valence-corrected chi connectivity index (χ2v) is 7.00. The van der Waals surface area contributed by atoms with E-state index in [1.54, 1.807) is 0 Å². The lowest BCUT2D eigenvalue weighted by Gasteiger charge is -2.23. The van der Waals surface area contributed by atoms with Crippen LogP contribution in [0.5, 0.6) is 0 Å². The molecular formula is C23H39N3. The fourth-order valence-corrected chi connectivity index (χ4v) is 2.92. The average Bonchev–Trinajstić information content (AvgIpc) is 2.82. The van der Waals surface area contributed by atoms with Gasteiger partial charge in [-0.3, -0.25) is 0 Å². The molecule has 0 spiro atoms. The summed E-state index contributed by atoms with van der Waals surface area (Å²) in [5.41, 5.74) is 4.78. The first-order valence-electron chi connectivity index (χ1n) is 10.2. The van der Waals surface area contributed by atoms with Crippen molar-refractivity contribution in [2.75, 3.05) is 33.2 Å². The first kappa shape index (κ1) is 22.3. The van der Waals surface area contributed by atoms with Crippen LogP contribution in [-0.4, -0.2) is 38.1 Å². The van der Waals surface area contributed by atoms with Gasteiger partial charge in [0, 0.05) is 38.0 Å². The first-order chi connectivity index (χ1) is 12.6. The minimum absolute atomic E-state index is 0.919. The van der Waals surface area contributed by atoms with E-state index >= 15 is 0 Å². The highest BCUT2D eigenvalue weighted by molar-refractivity contribution is 5.43. The van der Waals surface area contributed by atoms with Gasteiger partial charge in [-0.1, -0.05) is 57.6 Å². The molecule has 0 aromatic heterocycles. The largest absolute Gasteiger partial charge is 0.389 e. The molecule has 146 valence electrons. The van der Waals surface area contributed by atoms with Crippen LogP contribution in [0.3, 0.4) is 0 Å². The van der Waals surface area contributed by atoms with E-state index in [4.69, 9.17) is 0 Å². The van der Waals surface area contributed by atoms with E-state index in [0.717, 1.165) is 25.2 Å². The zero-order valence-corrected chi connectivity index (χ0v) is 17.4. The zero-order chi connectivity index (χ0) is 19.2. The van der Waals surface area contributed by atoms with E-state index in [-0.39, 0.29) is 0 Å². The molecule has 0 radical (unpaired) electrons. The van der Waals surface area contributed by atoms with E-state index < -0.39 is 0 Å². The maximum Gasteiger partial charge on any atom is 0.0272 e. The molecular weight excluding hydrogens is 318 g/mol. The van der Waals surface area contributed by atoms with Crippen molar-refractivity contribution in [2.24, 2.45) is 0 Å². The molecule has 1 rings (SSSR count). The smallest absolute Gasteiger partial charge is 0.0272 e. The Morgan fingerprint density at radius 2 is 1.88 bits per heavy atom. The van der Waals surface area contributed by atoms with Gasteiger partial charge in [0.05, 0.1) is 0 Å². The number of unbranched alkanes of at least 4 members (excludes halogenated alkanes) is 2. The predicted molar refractivity (Wildman–Crippen MR) is 116 cm³/mol. The van der Waals surface area contributed by atoms with Crippen molar-refractivity contribution in [3.05, 3.63) is 59.5 Å². The second kappa shape index (κ2) is 13.5. The minimum Gasteiger partial charge on any atom is -0.389 e. The molecule has 3 heteroatoms. The summed E-state index contributed by atoms with van der Waals surface area (Å²) in [5, 5.41) is 6.73. The number of nitrogens with zero attached hydrogens (tertiary/aromatic N) is 1. The Balaban J connectivity index is 2.59. The van der Waals surface area contributed by atoms with E-state index in [9.17, 15) is 0 Å². The third-order valence-corrected chi connectivity index (χ3v) is 4.71. The lowest BCUT2D eigenvalue weighted by atomic mass is 10.1. The maximum atomic E-state index is 3.94. The number of likely N-dealkylation sites (N-methyl/N-ethyl adjacent to an activating group) is 1. The van der Waals surface area contributed by atoms with E-state index in [1.807, 2.05) is 13.1 Å². The number of allylic oxidation sites excluding steroid dienone is 7. The van der Waals surface area contributed by atoms with Crippen LogP contribution in [0.15, 0.2) is 59.5 Å². The van der Waals surface area contributed by atoms with Crippen molar-refractivity contribution < 1.29 is 0 Å². The molecule has 1 aliphatic carbocycles. The second-order valence-electron chi connectivity index (χ2n) is 7.00. The molecule has 1 aliphatic rings. The van der Waals surface area contributed by atoms with Gasteiger partial charge < -0.3 is 15.5 Å². The monoisotopic (exact) mass is 357 g/mol. The number of rotatable bonds is 13. The average molecular weight is 358 g/mol. The molecule has 0 aromatic rings. The number of nitrogens with one attached hydrogen (secondary N) is 2. The molecule has 0 saturated carbocycles. The Kier molecular flexibility index (Phi) is 11.5. The molecule has 0 atom stereocenters. The Morgan fingerprint density at radius 1 is 1.19 bits per heavy atom. The van der Waals surface area contributed by atoms with Gasteiger partial charge in [0.25, 0.3) is 0 Å². The molecule has 0 saturated heterocycles. The number of hydrogen-bond donors (Lipinski definition) is 2. The van der Waals surface area contributed by atoms with E-state index in [1.165, 1.54) is 55.6 Å². The summed E-state index contributed by atoms with van der Waals surface area (Å²) in [6.07, 6.45) is 16.9. The van der Waals surface area contributed by atoms with Crippen LogP contribution in [0.1, 0.15) is 52.9 Å². The summed E-state index contributed by atoms with van der Waals surface area (Å²) in [5.74, 6) is 0. The highest BCUT2D eigenvalue weighted by Gasteiger charge is 2.06. The van der Waals surface area contributed by atoms with Crippen molar-refractivity contribution in [1.29, 1.82) is 0 Å². The summed E-state index contributed by atoms with van der Waals surface area (Å²) in [7, 11) is 1.89. The summed E-state index contributed by atoms with van der Waals surface area (Å²) < 4.78 is 0. The molecule has 0 fully saturated rings. The third-order valence-electron chi connectivity index (χ3n) is 4.71. The Hall–Kier alpha value is -1.74. The van der Waals surface area contributed by atoms with Crippen LogP contribution in [0, 0.1) is 0 Å². The molecule has 2 N–H and O–H groups in total. The van der Waals surface area contributed by atoms with Gasteiger partial charge in [-0.05, 0) is 50.1 Å². The van der Waals surface area contributed by atoms with Crippen LogP contribution in [0.2, 0.25) is 0 Å².